The van der Waals surface area contributed by atoms with Gasteiger partial charge in [-0.2, -0.15) is 9.78 Å². The van der Waals surface area contributed by atoms with E-state index in [0.29, 0.717) is 23.7 Å². The minimum absolute atomic E-state index is 0.279. The largest absolute Gasteiger partial charge is 0.493 e. The molecule has 0 aliphatic rings. The second-order valence-electron chi connectivity index (χ2n) is 5.59. The van der Waals surface area contributed by atoms with E-state index < -0.39 is 12.2 Å². The highest BCUT2D eigenvalue weighted by Crippen LogP contribution is 2.28. The summed E-state index contributed by atoms with van der Waals surface area (Å²) in [6, 6.07) is 15.0. The summed E-state index contributed by atoms with van der Waals surface area (Å²) in [7, 11) is 1.53. The minimum atomic E-state index is -2.77. The molecule has 0 saturated carbocycles. The van der Waals surface area contributed by atoms with Crippen LogP contribution in [0.1, 0.15) is 23.4 Å². The summed E-state index contributed by atoms with van der Waals surface area (Å²) in [6.45, 7) is 0.403. The Bertz CT molecular complexity index is 948. The summed E-state index contributed by atoms with van der Waals surface area (Å²) in [5.41, 5.74) is 1.69. The molecule has 1 aromatic heterocycles. The van der Waals surface area contributed by atoms with Crippen LogP contribution in [0.2, 0.25) is 0 Å². The molecule has 9 heteroatoms. The van der Waals surface area contributed by atoms with E-state index in [4.69, 9.17) is 9.47 Å². The van der Waals surface area contributed by atoms with Crippen LogP contribution in [0.3, 0.4) is 0 Å². The fourth-order valence-corrected chi connectivity index (χ4v) is 2.83. The molecule has 0 fully saturated rings. The summed E-state index contributed by atoms with van der Waals surface area (Å²) in [6.07, 6.45) is 0.389. The van der Waals surface area contributed by atoms with Crippen molar-refractivity contribution < 1.29 is 18.3 Å². The van der Waals surface area contributed by atoms with Crippen LogP contribution in [0.5, 0.6) is 11.5 Å². The zero-order chi connectivity index (χ0) is 19.9. The lowest BCUT2D eigenvalue weighted by Gasteiger charge is -2.11. The van der Waals surface area contributed by atoms with Crippen molar-refractivity contribution in [1.82, 2.24) is 14.9 Å². The second-order valence-corrected chi connectivity index (χ2v) is 6.36. The topological polar surface area (TPSA) is 61.5 Å². The Morgan fingerprint density at radius 1 is 1.14 bits per heavy atom. The van der Waals surface area contributed by atoms with Crippen LogP contribution in [0, 0.1) is 0 Å². The van der Waals surface area contributed by atoms with Crippen LogP contribution in [0.25, 0.3) is 0 Å². The van der Waals surface area contributed by atoms with Gasteiger partial charge in [0.05, 0.1) is 13.3 Å². The Morgan fingerprint density at radius 2 is 1.93 bits per heavy atom. The lowest BCUT2D eigenvalue weighted by molar-refractivity contribution is 0.135. The van der Waals surface area contributed by atoms with Crippen molar-refractivity contribution in [2.75, 3.05) is 13.4 Å². The van der Waals surface area contributed by atoms with E-state index in [1.165, 1.54) is 25.1 Å². The molecule has 146 valence electrons. The van der Waals surface area contributed by atoms with Crippen LogP contribution in [-0.4, -0.2) is 34.5 Å². The molecule has 0 aliphatic carbocycles. The van der Waals surface area contributed by atoms with E-state index in [1.54, 1.807) is 24.5 Å². The van der Waals surface area contributed by atoms with Gasteiger partial charge in [-0.1, -0.05) is 42.1 Å². The number of hydrogen-bond donors (Lipinski definition) is 0. The molecular formula is C19H18F2N4O2S. The van der Waals surface area contributed by atoms with Gasteiger partial charge in [-0.3, -0.25) is 0 Å². The van der Waals surface area contributed by atoms with Gasteiger partial charge in [0, 0.05) is 0 Å². The zero-order valence-electron chi connectivity index (χ0n) is 15.3. The van der Waals surface area contributed by atoms with Gasteiger partial charge in [0.1, 0.15) is 6.61 Å². The van der Waals surface area contributed by atoms with Crippen molar-refractivity contribution in [1.29, 1.82) is 0 Å². The Morgan fingerprint density at radius 3 is 2.61 bits per heavy atom. The van der Waals surface area contributed by atoms with E-state index in [9.17, 15) is 8.78 Å². The molecule has 3 rings (SSSR count). The number of halogens is 2. The first-order chi connectivity index (χ1) is 13.6. The van der Waals surface area contributed by atoms with Crippen molar-refractivity contribution in [2.24, 2.45) is 5.10 Å². The van der Waals surface area contributed by atoms with Crippen LogP contribution in [0.4, 0.5) is 8.78 Å². The van der Waals surface area contributed by atoms with Crippen molar-refractivity contribution >= 4 is 18.0 Å². The molecule has 0 N–H and O–H groups in total. The number of hydrogen-bond acceptors (Lipinski definition) is 6. The summed E-state index contributed by atoms with van der Waals surface area (Å²) >= 11 is 1.18. The first-order valence-electron chi connectivity index (χ1n) is 8.29. The van der Waals surface area contributed by atoms with Crippen LogP contribution < -0.4 is 9.47 Å². The van der Waals surface area contributed by atoms with Gasteiger partial charge in [-0.05, 0) is 35.6 Å². The van der Waals surface area contributed by atoms with E-state index in [2.05, 4.69) is 15.3 Å². The molecule has 0 bridgehead atoms. The summed E-state index contributed by atoms with van der Waals surface area (Å²) in [5, 5.41) is 11.6. The zero-order valence-corrected chi connectivity index (χ0v) is 16.1. The summed E-state index contributed by atoms with van der Waals surface area (Å²) in [4.78, 5) is 0. The van der Waals surface area contributed by atoms with Crippen molar-refractivity contribution in [3.8, 4) is 11.5 Å². The smallest absolute Gasteiger partial charge is 0.299 e. The number of rotatable bonds is 8. The van der Waals surface area contributed by atoms with Crippen molar-refractivity contribution in [3.63, 3.8) is 0 Å². The maximum atomic E-state index is 13.1. The van der Waals surface area contributed by atoms with Gasteiger partial charge >= 0.3 is 0 Å². The van der Waals surface area contributed by atoms with Gasteiger partial charge < -0.3 is 9.47 Å². The van der Waals surface area contributed by atoms with Gasteiger partial charge in [-0.25, -0.2) is 8.78 Å². The fourth-order valence-electron chi connectivity index (χ4n) is 2.39. The third-order valence-corrected chi connectivity index (χ3v) is 4.38. The normalized spacial score (nSPS) is 11.3. The Balaban J connectivity index is 1.79. The first kappa shape index (κ1) is 19.8. The molecule has 0 atom stereocenters. The highest BCUT2D eigenvalue weighted by Gasteiger charge is 2.19. The molecule has 0 saturated heterocycles. The highest BCUT2D eigenvalue weighted by molar-refractivity contribution is 7.98. The van der Waals surface area contributed by atoms with Crippen LogP contribution in [0.15, 0.2) is 58.8 Å². The predicted molar refractivity (Wildman–Crippen MR) is 104 cm³/mol. The number of alkyl halides is 2. The maximum absolute atomic E-state index is 13.1. The molecule has 0 unspecified atom stereocenters. The molecule has 1 heterocycles. The van der Waals surface area contributed by atoms with E-state index in [-0.39, 0.29) is 5.16 Å². The lowest BCUT2D eigenvalue weighted by atomic mass is 10.2. The monoisotopic (exact) mass is 404 g/mol. The number of nitrogens with zero attached hydrogens (tertiary/aromatic N) is 4. The molecular weight excluding hydrogens is 386 g/mol. The van der Waals surface area contributed by atoms with Crippen LogP contribution in [-0.2, 0) is 6.61 Å². The van der Waals surface area contributed by atoms with Gasteiger partial charge in [0.2, 0.25) is 11.0 Å². The standard InChI is InChI=1S/C19H18F2N4O2S/c1-26-16-10-14(8-9-15(16)27-12-13-6-4-3-5-7-13)11-22-25-18(17(20)21)23-24-19(25)28-2/h3-11,17H,12H2,1-2H3. The maximum Gasteiger partial charge on any atom is 0.299 e. The molecule has 28 heavy (non-hydrogen) atoms. The lowest BCUT2D eigenvalue weighted by Crippen LogP contribution is -2.01. The predicted octanol–water partition coefficient (Wildman–Crippen LogP) is 4.41. The van der Waals surface area contributed by atoms with Crippen LogP contribution >= 0.6 is 11.8 Å². The van der Waals surface area contributed by atoms with Gasteiger partial charge in [-0.15, -0.1) is 10.2 Å². The molecule has 0 radical (unpaired) electrons. The average molecular weight is 404 g/mol. The summed E-state index contributed by atoms with van der Waals surface area (Å²) < 4.78 is 38.3. The molecule has 3 aromatic rings. The van der Waals surface area contributed by atoms with Gasteiger partial charge in [0.25, 0.3) is 6.43 Å². The number of thioether (sulfide) groups is 1. The molecule has 2 aromatic carbocycles. The highest BCUT2D eigenvalue weighted by atomic mass is 32.2. The fraction of sp³-hybridized carbons (Fsp3) is 0.211. The first-order valence-corrected chi connectivity index (χ1v) is 9.51. The molecule has 0 amide bonds. The summed E-state index contributed by atoms with van der Waals surface area (Å²) in [5.74, 6) is 0.587. The third-order valence-electron chi connectivity index (χ3n) is 3.76. The average Bonchev–Trinajstić information content (AvgIpc) is 3.15. The van der Waals surface area contributed by atoms with Crippen molar-refractivity contribution in [2.45, 2.75) is 18.2 Å². The number of aromatic nitrogens is 3. The van der Waals surface area contributed by atoms with E-state index in [0.717, 1.165) is 10.2 Å². The molecule has 6 nitrogen and oxygen atoms in total. The van der Waals surface area contributed by atoms with Gasteiger partial charge in [0.15, 0.2) is 11.5 Å². The van der Waals surface area contributed by atoms with Crippen molar-refractivity contribution in [3.05, 3.63) is 65.5 Å². The Labute approximate surface area is 165 Å². The Hall–Kier alpha value is -2.94. The third kappa shape index (κ3) is 4.66. The molecule has 0 spiro atoms. The quantitative estimate of drug-likeness (QED) is 0.411. The second kappa shape index (κ2) is 9.32. The number of benzene rings is 2. The Kier molecular flexibility index (Phi) is 6.59. The number of methoxy groups -OCH3 is 1. The van der Waals surface area contributed by atoms with E-state index in [1.807, 2.05) is 30.3 Å². The minimum Gasteiger partial charge on any atom is -0.493 e. The molecule has 0 aliphatic heterocycles. The SMILES string of the molecule is COc1cc(C=Nn2c(SC)nnc2C(F)F)ccc1OCc1ccccc1. The van der Waals surface area contributed by atoms with E-state index >= 15 is 0 Å². The number of ether oxygens (including phenoxy) is 2.